The van der Waals surface area contributed by atoms with Crippen LogP contribution in [0.3, 0.4) is 0 Å². The first-order chi connectivity index (χ1) is 8.03. The zero-order valence-corrected chi connectivity index (χ0v) is 11.2. The number of hydrogen-bond donors (Lipinski definition) is 0. The summed E-state index contributed by atoms with van der Waals surface area (Å²) in [5, 5.41) is 0. The van der Waals surface area contributed by atoms with Crippen LogP contribution in [0, 0.1) is 23.7 Å². The third-order valence-electron chi connectivity index (χ3n) is 5.20. The fourth-order valence-electron chi connectivity index (χ4n) is 3.88. The number of rotatable bonds is 2. The lowest BCUT2D eigenvalue weighted by Crippen LogP contribution is -2.41. The second-order valence-corrected chi connectivity index (χ2v) is 6.44. The molecule has 0 spiro atoms. The summed E-state index contributed by atoms with van der Waals surface area (Å²) in [5.74, 6) is -1.36. The molecule has 2 saturated carbocycles. The lowest BCUT2D eigenvalue weighted by atomic mass is 9.67. The van der Waals surface area contributed by atoms with Gasteiger partial charge in [-0.05, 0) is 43.4 Å². The maximum Gasteiger partial charge on any atom is 0.251 e. The van der Waals surface area contributed by atoms with Crippen molar-refractivity contribution in [3.8, 4) is 0 Å². The molecule has 0 N–H and O–H groups in total. The molecule has 2 heteroatoms. The molecule has 2 rings (SSSR count). The van der Waals surface area contributed by atoms with Gasteiger partial charge in [0, 0.05) is 12.3 Å². The van der Waals surface area contributed by atoms with E-state index in [0.717, 1.165) is 50.9 Å². The minimum atomic E-state index is -2.38. The monoisotopic (exact) mass is 244 g/mol. The van der Waals surface area contributed by atoms with Crippen molar-refractivity contribution in [3.63, 3.8) is 0 Å². The largest absolute Gasteiger partial charge is 0.251 e. The second-order valence-electron chi connectivity index (χ2n) is 6.44. The van der Waals surface area contributed by atoms with E-state index in [1.165, 1.54) is 0 Å². The van der Waals surface area contributed by atoms with Gasteiger partial charge in [-0.2, -0.15) is 0 Å². The van der Waals surface area contributed by atoms with E-state index in [9.17, 15) is 8.78 Å². The summed E-state index contributed by atoms with van der Waals surface area (Å²) < 4.78 is 28.4. The molecule has 2 fully saturated rings. The first-order valence-electron chi connectivity index (χ1n) is 7.40. The molecule has 0 saturated heterocycles. The quantitative estimate of drug-likeness (QED) is 0.620. The van der Waals surface area contributed by atoms with Crippen LogP contribution >= 0.6 is 0 Å². The van der Waals surface area contributed by atoms with Crippen LogP contribution in [-0.4, -0.2) is 5.92 Å². The van der Waals surface area contributed by atoms with Crippen molar-refractivity contribution < 1.29 is 8.78 Å². The van der Waals surface area contributed by atoms with E-state index >= 15 is 0 Å². The predicted molar refractivity (Wildman–Crippen MR) is 67.2 cm³/mol. The molecule has 2 unspecified atom stereocenters. The Balaban J connectivity index is 1.96. The van der Waals surface area contributed by atoms with Gasteiger partial charge >= 0.3 is 0 Å². The Kier molecular flexibility index (Phi) is 4.10. The van der Waals surface area contributed by atoms with Gasteiger partial charge in [-0.1, -0.05) is 33.1 Å². The maximum atomic E-state index is 14.2. The van der Waals surface area contributed by atoms with Crippen molar-refractivity contribution in [2.75, 3.05) is 0 Å². The van der Waals surface area contributed by atoms with E-state index in [2.05, 4.69) is 6.92 Å². The highest BCUT2D eigenvalue weighted by Crippen LogP contribution is 2.49. The molecule has 0 nitrogen and oxygen atoms in total. The summed E-state index contributed by atoms with van der Waals surface area (Å²) in [6, 6.07) is 0. The Labute approximate surface area is 104 Å². The number of halogens is 2. The van der Waals surface area contributed by atoms with Crippen LogP contribution in [0.2, 0.25) is 0 Å². The molecular weight excluding hydrogens is 218 g/mol. The van der Waals surface area contributed by atoms with Crippen LogP contribution in [0.15, 0.2) is 0 Å². The van der Waals surface area contributed by atoms with Gasteiger partial charge < -0.3 is 0 Å². The lowest BCUT2D eigenvalue weighted by molar-refractivity contribution is -0.127. The van der Waals surface area contributed by atoms with Crippen molar-refractivity contribution in [2.45, 2.75) is 71.1 Å². The average Bonchev–Trinajstić information content (AvgIpc) is 2.29. The SMILES string of the molecule is CCC1CCC(C2CCC(C)CC2)C(F)(F)C1. The summed E-state index contributed by atoms with van der Waals surface area (Å²) in [5.41, 5.74) is 0. The summed E-state index contributed by atoms with van der Waals surface area (Å²) >= 11 is 0. The van der Waals surface area contributed by atoms with E-state index in [4.69, 9.17) is 0 Å². The fourth-order valence-corrected chi connectivity index (χ4v) is 3.88. The van der Waals surface area contributed by atoms with Gasteiger partial charge in [-0.15, -0.1) is 0 Å². The summed E-state index contributed by atoms with van der Waals surface area (Å²) in [7, 11) is 0. The molecule has 2 aliphatic rings. The molecule has 0 aromatic heterocycles. The maximum absolute atomic E-state index is 14.2. The van der Waals surface area contributed by atoms with Crippen LogP contribution < -0.4 is 0 Å². The number of hydrogen-bond acceptors (Lipinski definition) is 0. The molecule has 0 radical (unpaired) electrons. The molecule has 0 aliphatic heterocycles. The lowest BCUT2D eigenvalue weighted by Gasteiger charge is -2.42. The van der Waals surface area contributed by atoms with Crippen LogP contribution in [0.4, 0.5) is 8.78 Å². The number of alkyl halides is 2. The minimum absolute atomic E-state index is 0.153. The van der Waals surface area contributed by atoms with Crippen molar-refractivity contribution in [3.05, 3.63) is 0 Å². The molecule has 0 aromatic carbocycles. The highest BCUT2D eigenvalue weighted by atomic mass is 19.3. The van der Waals surface area contributed by atoms with Crippen LogP contribution in [0.5, 0.6) is 0 Å². The van der Waals surface area contributed by atoms with Crippen molar-refractivity contribution in [1.29, 1.82) is 0 Å². The Bertz CT molecular complexity index is 241. The van der Waals surface area contributed by atoms with Crippen molar-refractivity contribution in [1.82, 2.24) is 0 Å². The Hall–Kier alpha value is -0.140. The van der Waals surface area contributed by atoms with Crippen LogP contribution in [0.1, 0.15) is 65.2 Å². The van der Waals surface area contributed by atoms with Crippen molar-refractivity contribution >= 4 is 0 Å². The van der Waals surface area contributed by atoms with Gasteiger partial charge in [0.15, 0.2) is 0 Å². The van der Waals surface area contributed by atoms with E-state index in [-0.39, 0.29) is 18.3 Å². The first kappa shape index (κ1) is 13.3. The van der Waals surface area contributed by atoms with Gasteiger partial charge in [0.05, 0.1) is 0 Å². The highest BCUT2D eigenvalue weighted by molar-refractivity contribution is 4.90. The summed E-state index contributed by atoms with van der Waals surface area (Å²) in [6.07, 6.45) is 7.27. The predicted octanol–water partition coefficient (Wildman–Crippen LogP) is 5.27. The molecule has 0 amide bonds. The average molecular weight is 244 g/mol. The fraction of sp³-hybridized carbons (Fsp3) is 1.00. The molecule has 0 bridgehead atoms. The molecule has 0 heterocycles. The van der Waals surface area contributed by atoms with E-state index in [1.54, 1.807) is 0 Å². The Morgan fingerprint density at radius 2 is 1.65 bits per heavy atom. The molecule has 100 valence electrons. The smallest absolute Gasteiger partial charge is 0.207 e. The van der Waals surface area contributed by atoms with Crippen molar-refractivity contribution in [2.24, 2.45) is 23.7 Å². The van der Waals surface area contributed by atoms with E-state index in [0.29, 0.717) is 5.92 Å². The van der Waals surface area contributed by atoms with Crippen LogP contribution in [0.25, 0.3) is 0 Å². The summed E-state index contributed by atoms with van der Waals surface area (Å²) in [4.78, 5) is 0. The third kappa shape index (κ3) is 3.00. The standard InChI is InChI=1S/C15H26F2/c1-3-12-6-9-14(15(16,17)10-12)13-7-4-11(2)5-8-13/h11-14H,3-10H2,1-2H3. The molecule has 2 aliphatic carbocycles. The van der Waals surface area contributed by atoms with Gasteiger partial charge in [-0.3, -0.25) is 0 Å². The topological polar surface area (TPSA) is 0 Å². The van der Waals surface area contributed by atoms with Crippen LogP contribution in [-0.2, 0) is 0 Å². The molecule has 0 aromatic rings. The second kappa shape index (κ2) is 5.24. The first-order valence-corrected chi connectivity index (χ1v) is 7.40. The summed E-state index contributed by atoms with van der Waals surface area (Å²) in [6.45, 7) is 4.30. The molecule has 2 atom stereocenters. The zero-order valence-electron chi connectivity index (χ0n) is 11.2. The van der Waals surface area contributed by atoms with Gasteiger partial charge in [0.25, 0.3) is 5.92 Å². The van der Waals surface area contributed by atoms with Gasteiger partial charge in [0.2, 0.25) is 0 Å². The Morgan fingerprint density at radius 3 is 2.18 bits per heavy atom. The van der Waals surface area contributed by atoms with E-state index < -0.39 is 5.92 Å². The normalized spacial score (nSPS) is 42.4. The van der Waals surface area contributed by atoms with Gasteiger partial charge in [0.1, 0.15) is 0 Å². The Morgan fingerprint density at radius 1 is 1.00 bits per heavy atom. The highest BCUT2D eigenvalue weighted by Gasteiger charge is 2.48. The molecule has 17 heavy (non-hydrogen) atoms. The molecular formula is C15H26F2. The zero-order chi connectivity index (χ0) is 12.5. The van der Waals surface area contributed by atoms with E-state index in [1.807, 2.05) is 6.92 Å². The minimum Gasteiger partial charge on any atom is -0.207 e. The van der Waals surface area contributed by atoms with Gasteiger partial charge in [-0.25, -0.2) is 8.78 Å². The third-order valence-corrected chi connectivity index (χ3v) is 5.20.